The molecule has 3 N–H and O–H groups in total. The van der Waals surface area contributed by atoms with Crippen molar-refractivity contribution < 1.29 is 9.59 Å². The molecule has 0 atom stereocenters. The lowest BCUT2D eigenvalue weighted by atomic mass is 9.96. The lowest BCUT2D eigenvalue weighted by Gasteiger charge is -2.30. The second kappa shape index (κ2) is 8.35. The van der Waals surface area contributed by atoms with E-state index in [4.69, 9.17) is 5.73 Å². The van der Waals surface area contributed by atoms with E-state index in [0.717, 1.165) is 12.0 Å². The van der Waals surface area contributed by atoms with Crippen LogP contribution in [0.1, 0.15) is 25.3 Å². The molecule has 8 heteroatoms. The molecule has 26 heavy (non-hydrogen) atoms. The summed E-state index contributed by atoms with van der Waals surface area (Å²) in [6.45, 7) is 3.28. The summed E-state index contributed by atoms with van der Waals surface area (Å²) in [7, 11) is 0. The average Bonchev–Trinajstić information content (AvgIpc) is 3.15. The summed E-state index contributed by atoms with van der Waals surface area (Å²) in [4.78, 5) is 29.7. The first-order valence-electron chi connectivity index (χ1n) is 8.78. The van der Waals surface area contributed by atoms with Gasteiger partial charge in [-0.05, 0) is 24.8 Å². The Hall–Kier alpha value is -2.35. The predicted molar refractivity (Wildman–Crippen MR) is 100 cm³/mol. The third kappa shape index (κ3) is 4.43. The second-order valence-corrected chi connectivity index (χ2v) is 7.31. The lowest BCUT2D eigenvalue weighted by molar-refractivity contribution is -0.132. The topological polar surface area (TPSA) is 105 Å². The highest BCUT2D eigenvalue weighted by molar-refractivity contribution is 7.99. The molecule has 1 fully saturated rings. The fourth-order valence-corrected chi connectivity index (χ4v) is 3.67. The van der Waals surface area contributed by atoms with Gasteiger partial charge in [-0.2, -0.15) is 0 Å². The van der Waals surface area contributed by atoms with E-state index in [9.17, 15) is 9.59 Å². The summed E-state index contributed by atoms with van der Waals surface area (Å²) in [6.07, 6.45) is 2.28. The number of nitrogens with one attached hydrogen (secondary N) is 1. The SMILES string of the molecule is CCc1ccc(-c2nc(SCC(=O)N3CCC(C(N)=O)CC3)n[nH]2)cc1. The molecule has 0 spiro atoms. The van der Waals surface area contributed by atoms with Gasteiger partial charge < -0.3 is 10.6 Å². The van der Waals surface area contributed by atoms with Gasteiger partial charge in [-0.15, -0.1) is 5.10 Å². The molecule has 0 saturated carbocycles. The van der Waals surface area contributed by atoms with Crippen molar-refractivity contribution >= 4 is 23.6 Å². The summed E-state index contributed by atoms with van der Waals surface area (Å²) < 4.78 is 0. The van der Waals surface area contributed by atoms with Gasteiger partial charge in [-0.1, -0.05) is 43.0 Å². The Morgan fingerprint density at radius 3 is 2.58 bits per heavy atom. The first kappa shape index (κ1) is 18.4. The lowest BCUT2D eigenvalue weighted by Crippen LogP contribution is -2.42. The minimum absolute atomic E-state index is 0.0385. The Morgan fingerprint density at radius 2 is 1.96 bits per heavy atom. The Kier molecular flexibility index (Phi) is 5.92. The summed E-state index contributed by atoms with van der Waals surface area (Å²) >= 11 is 1.32. The fourth-order valence-electron chi connectivity index (χ4n) is 2.97. The standard InChI is InChI=1S/C18H23N5O2S/c1-2-12-3-5-14(6-4-12)17-20-18(22-21-17)26-11-15(24)23-9-7-13(8-10-23)16(19)25/h3-6,13H,2,7-11H2,1H3,(H2,19,25)(H,20,21,22). The molecule has 0 aliphatic carbocycles. The molecular weight excluding hydrogens is 350 g/mol. The molecule has 1 aliphatic rings. The van der Waals surface area contributed by atoms with E-state index in [1.165, 1.54) is 17.3 Å². The number of likely N-dealkylation sites (tertiary alicyclic amines) is 1. The van der Waals surface area contributed by atoms with Crippen LogP contribution in [0.15, 0.2) is 29.4 Å². The number of carbonyl (C=O) groups excluding carboxylic acids is 2. The summed E-state index contributed by atoms with van der Waals surface area (Å²) in [5.74, 6) is 0.641. The molecule has 2 heterocycles. The van der Waals surface area contributed by atoms with Crippen LogP contribution in [0.3, 0.4) is 0 Å². The second-order valence-electron chi connectivity index (χ2n) is 6.36. The third-order valence-corrected chi connectivity index (χ3v) is 5.51. The predicted octanol–water partition coefficient (Wildman–Crippen LogP) is 1.85. The first-order valence-corrected chi connectivity index (χ1v) is 9.77. The molecule has 1 aromatic heterocycles. The van der Waals surface area contributed by atoms with Gasteiger partial charge in [0.15, 0.2) is 5.82 Å². The molecule has 1 saturated heterocycles. The number of rotatable bonds is 6. The van der Waals surface area contributed by atoms with E-state index in [2.05, 4.69) is 34.2 Å². The smallest absolute Gasteiger partial charge is 0.233 e. The molecule has 2 aromatic rings. The van der Waals surface area contributed by atoms with Crippen LogP contribution in [-0.4, -0.2) is 50.7 Å². The minimum Gasteiger partial charge on any atom is -0.369 e. The van der Waals surface area contributed by atoms with Crippen molar-refractivity contribution in [3.63, 3.8) is 0 Å². The number of H-pyrrole nitrogens is 1. The number of primary amides is 1. The van der Waals surface area contributed by atoms with Crippen molar-refractivity contribution in [1.29, 1.82) is 0 Å². The zero-order chi connectivity index (χ0) is 18.5. The number of benzene rings is 1. The van der Waals surface area contributed by atoms with Crippen molar-refractivity contribution in [2.24, 2.45) is 11.7 Å². The van der Waals surface area contributed by atoms with E-state index >= 15 is 0 Å². The fraction of sp³-hybridized carbons (Fsp3) is 0.444. The first-order chi connectivity index (χ1) is 12.6. The van der Waals surface area contributed by atoms with E-state index in [0.29, 0.717) is 36.9 Å². The third-order valence-electron chi connectivity index (χ3n) is 4.68. The van der Waals surface area contributed by atoms with Gasteiger partial charge in [0.05, 0.1) is 5.75 Å². The molecular formula is C18H23N5O2S. The molecule has 0 radical (unpaired) electrons. The number of thioether (sulfide) groups is 1. The summed E-state index contributed by atoms with van der Waals surface area (Å²) in [5, 5.41) is 7.66. The number of carbonyl (C=O) groups is 2. The largest absolute Gasteiger partial charge is 0.369 e. The molecule has 3 rings (SSSR count). The van der Waals surface area contributed by atoms with Crippen LogP contribution in [0.5, 0.6) is 0 Å². The van der Waals surface area contributed by atoms with Crippen LogP contribution in [0.25, 0.3) is 11.4 Å². The van der Waals surface area contributed by atoms with Gasteiger partial charge >= 0.3 is 0 Å². The maximum absolute atomic E-state index is 12.3. The zero-order valence-corrected chi connectivity index (χ0v) is 15.6. The zero-order valence-electron chi connectivity index (χ0n) is 14.8. The molecule has 138 valence electrons. The van der Waals surface area contributed by atoms with Crippen molar-refractivity contribution in [3.05, 3.63) is 29.8 Å². The normalized spacial score (nSPS) is 15.2. The molecule has 7 nitrogen and oxygen atoms in total. The Labute approximate surface area is 156 Å². The number of nitrogens with two attached hydrogens (primary N) is 1. The minimum atomic E-state index is -0.272. The Balaban J connectivity index is 1.51. The Bertz CT molecular complexity index is 766. The monoisotopic (exact) mass is 373 g/mol. The van der Waals surface area contributed by atoms with Gasteiger partial charge in [0.25, 0.3) is 0 Å². The number of aryl methyl sites for hydroxylation is 1. The highest BCUT2D eigenvalue weighted by Gasteiger charge is 2.25. The highest BCUT2D eigenvalue weighted by Crippen LogP contribution is 2.22. The molecule has 2 amide bonds. The molecule has 0 bridgehead atoms. The van der Waals surface area contributed by atoms with Gasteiger partial charge in [-0.3, -0.25) is 14.7 Å². The number of hydrogen-bond donors (Lipinski definition) is 2. The van der Waals surface area contributed by atoms with Gasteiger partial charge in [0.1, 0.15) is 0 Å². The number of piperidine rings is 1. The van der Waals surface area contributed by atoms with Crippen molar-refractivity contribution in [2.75, 3.05) is 18.8 Å². The van der Waals surface area contributed by atoms with E-state index in [-0.39, 0.29) is 23.5 Å². The maximum Gasteiger partial charge on any atom is 0.233 e. The number of aromatic amines is 1. The average molecular weight is 373 g/mol. The van der Waals surface area contributed by atoms with Gasteiger partial charge in [0, 0.05) is 24.6 Å². The van der Waals surface area contributed by atoms with Crippen LogP contribution in [-0.2, 0) is 16.0 Å². The van der Waals surface area contributed by atoms with Crippen molar-refractivity contribution in [2.45, 2.75) is 31.3 Å². The van der Waals surface area contributed by atoms with Crippen LogP contribution in [0.2, 0.25) is 0 Å². The number of nitrogens with zero attached hydrogens (tertiary/aromatic N) is 3. The quantitative estimate of drug-likeness (QED) is 0.752. The van der Waals surface area contributed by atoms with Crippen LogP contribution < -0.4 is 5.73 Å². The van der Waals surface area contributed by atoms with E-state index < -0.39 is 0 Å². The van der Waals surface area contributed by atoms with Crippen molar-refractivity contribution in [3.8, 4) is 11.4 Å². The summed E-state index contributed by atoms with van der Waals surface area (Å²) in [5.41, 5.74) is 7.57. The van der Waals surface area contributed by atoms with E-state index in [1.54, 1.807) is 4.90 Å². The van der Waals surface area contributed by atoms with Crippen molar-refractivity contribution in [1.82, 2.24) is 20.1 Å². The highest BCUT2D eigenvalue weighted by atomic mass is 32.2. The molecule has 0 unspecified atom stereocenters. The van der Waals surface area contributed by atoms with Crippen LogP contribution in [0, 0.1) is 5.92 Å². The number of hydrogen-bond acceptors (Lipinski definition) is 5. The van der Waals surface area contributed by atoms with Gasteiger partial charge in [-0.25, -0.2) is 4.98 Å². The number of aromatic nitrogens is 3. The van der Waals surface area contributed by atoms with Crippen LogP contribution in [0.4, 0.5) is 0 Å². The molecule has 1 aliphatic heterocycles. The van der Waals surface area contributed by atoms with E-state index in [1.807, 2.05) is 12.1 Å². The van der Waals surface area contributed by atoms with Crippen LogP contribution >= 0.6 is 11.8 Å². The Morgan fingerprint density at radius 1 is 1.27 bits per heavy atom. The summed E-state index contributed by atoms with van der Waals surface area (Å²) in [6, 6.07) is 8.18. The van der Waals surface area contributed by atoms with Gasteiger partial charge in [0.2, 0.25) is 17.0 Å². The maximum atomic E-state index is 12.3. The molecule has 1 aromatic carbocycles. The number of amides is 2.